The number of rotatable bonds is 5. The molecule has 0 aliphatic heterocycles. The summed E-state index contributed by atoms with van der Waals surface area (Å²) < 4.78 is 40.0. The van der Waals surface area contributed by atoms with E-state index in [9.17, 15) is 12.8 Å². The van der Waals surface area contributed by atoms with Crippen molar-refractivity contribution in [2.24, 2.45) is 5.73 Å². The van der Waals surface area contributed by atoms with Crippen LogP contribution in [0.2, 0.25) is 0 Å². The van der Waals surface area contributed by atoms with E-state index in [1.54, 1.807) is 24.3 Å². The van der Waals surface area contributed by atoms with Gasteiger partial charge < -0.3 is 5.73 Å². The van der Waals surface area contributed by atoms with Crippen LogP contribution in [0.5, 0.6) is 0 Å². The number of thiocarbonyl (C=S) groups is 1. The summed E-state index contributed by atoms with van der Waals surface area (Å²) in [6.07, 6.45) is 0. The molecule has 0 unspecified atom stereocenters. The second kappa shape index (κ2) is 6.30. The fourth-order valence-electron chi connectivity index (χ4n) is 1.75. The van der Waals surface area contributed by atoms with E-state index in [-0.39, 0.29) is 16.4 Å². The van der Waals surface area contributed by atoms with Gasteiger partial charge in [0.15, 0.2) is 0 Å². The van der Waals surface area contributed by atoms with Crippen molar-refractivity contribution < 1.29 is 12.8 Å². The van der Waals surface area contributed by atoms with Crippen molar-refractivity contribution in [3.05, 3.63) is 65.5 Å². The molecule has 0 bridgehead atoms. The van der Waals surface area contributed by atoms with E-state index in [1.165, 1.54) is 18.2 Å². The summed E-state index contributed by atoms with van der Waals surface area (Å²) in [4.78, 5) is -0.149. The smallest absolute Gasteiger partial charge is 0.243 e. The van der Waals surface area contributed by atoms with Crippen molar-refractivity contribution in [2.45, 2.75) is 11.4 Å². The van der Waals surface area contributed by atoms with Crippen LogP contribution < -0.4 is 10.5 Å². The van der Waals surface area contributed by atoms with Crippen LogP contribution in [0.15, 0.2) is 53.4 Å². The molecular formula is C14H13FN2O2S2. The van der Waals surface area contributed by atoms with E-state index in [1.807, 2.05) is 0 Å². The minimum absolute atomic E-state index is 0.0210. The third-order valence-electron chi connectivity index (χ3n) is 2.80. The normalized spacial score (nSPS) is 11.3. The lowest BCUT2D eigenvalue weighted by molar-refractivity contribution is 0.557. The number of sulfonamides is 1. The molecule has 21 heavy (non-hydrogen) atoms. The van der Waals surface area contributed by atoms with Crippen LogP contribution in [0, 0.1) is 5.82 Å². The third kappa shape index (κ3) is 3.84. The molecule has 0 aromatic heterocycles. The molecule has 110 valence electrons. The molecule has 0 radical (unpaired) electrons. The Morgan fingerprint density at radius 3 is 2.57 bits per heavy atom. The Morgan fingerprint density at radius 1 is 1.19 bits per heavy atom. The Hall–Kier alpha value is -1.83. The largest absolute Gasteiger partial charge is 0.389 e. The number of nitrogens with two attached hydrogens (primary N) is 1. The van der Waals surface area contributed by atoms with Gasteiger partial charge in [-0.3, -0.25) is 0 Å². The van der Waals surface area contributed by atoms with Crippen LogP contribution in [-0.4, -0.2) is 13.4 Å². The molecule has 0 atom stereocenters. The number of nitrogens with one attached hydrogen (secondary N) is 1. The maximum atomic E-state index is 13.5. The monoisotopic (exact) mass is 324 g/mol. The first-order valence-electron chi connectivity index (χ1n) is 6.03. The van der Waals surface area contributed by atoms with Crippen molar-refractivity contribution in [1.29, 1.82) is 0 Å². The highest BCUT2D eigenvalue weighted by Gasteiger charge is 2.17. The minimum Gasteiger partial charge on any atom is -0.389 e. The van der Waals surface area contributed by atoms with Crippen LogP contribution in [0.3, 0.4) is 0 Å². The summed E-state index contributed by atoms with van der Waals surface area (Å²) in [5.74, 6) is -0.790. The molecule has 2 aromatic carbocycles. The molecule has 2 aromatic rings. The van der Waals surface area contributed by atoms with Gasteiger partial charge >= 0.3 is 0 Å². The van der Waals surface area contributed by atoms with Crippen molar-refractivity contribution in [1.82, 2.24) is 4.72 Å². The van der Waals surface area contributed by atoms with Crippen LogP contribution in [0.1, 0.15) is 11.1 Å². The van der Waals surface area contributed by atoms with Crippen molar-refractivity contribution in [2.75, 3.05) is 0 Å². The van der Waals surface area contributed by atoms with Gasteiger partial charge in [-0.05, 0) is 23.8 Å². The molecule has 0 aliphatic rings. The van der Waals surface area contributed by atoms with Crippen molar-refractivity contribution in [3.63, 3.8) is 0 Å². The van der Waals surface area contributed by atoms with Crippen molar-refractivity contribution in [3.8, 4) is 0 Å². The maximum absolute atomic E-state index is 13.5. The standard InChI is InChI=1S/C14H13FN2O2S2/c15-12-6-1-2-7-13(12)21(18,19)17-9-10-4-3-5-11(8-10)14(16)20/h1-8,17H,9H2,(H2,16,20). The molecule has 0 spiro atoms. The highest BCUT2D eigenvalue weighted by atomic mass is 32.2. The van der Waals surface area contributed by atoms with Crippen LogP contribution >= 0.6 is 12.2 Å². The van der Waals surface area contributed by atoms with E-state index in [2.05, 4.69) is 4.72 Å². The quantitative estimate of drug-likeness (QED) is 0.825. The first-order valence-corrected chi connectivity index (χ1v) is 7.92. The average molecular weight is 324 g/mol. The zero-order chi connectivity index (χ0) is 15.5. The lowest BCUT2D eigenvalue weighted by Gasteiger charge is -2.08. The van der Waals surface area contributed by atoms with Gasteiger partial charge in [-0.15, -0.1) is 0 Å². The second-order valence-electron chi connectivity index (χ2n) is 4.32. The molecule has 0 saturated heterocycles. The second-order valence-corrected chi connectivity index (χ2v) is 6.49. The summed E-state index contributed by atoms with van der Waals surface area (Å²) in [5, 5.41) is 0. The average Bonchev–Trinajstić information content (AvgIpc) is 2.46. The highest BCUT2D eigenvalue weighted by molar-refractivity contribution is 7.89. The summed E-state index contributed by atoms with van der Waals surface area (Å²) in [5.41, 5.74) is 6.85. The number of halogens is 1. The third-order valence-corrected chi connectivity index (χ3v) is 4.47. The van der Waals surface area contributed by atoms with Crippen LogP contribution in [0.25, 0.3) is 0 Å². The van der Waals surface area contributed by atoms with Gasteiger partial charge in [-0.25, -0.2) is 17.5 Å². The minimum atomic E-state index is -3.91. The van der Waals surface area contributed by atoms with E-state index < -0.39 is 15.8 Å². The van der Waals surface area contributed by atoms with Gasteiger partial charge in [0.1, 0.15) is 15.7 Å². The van der Waals surface area contributed by atoms with Crippen molar-refractivity contribution >= 4 is 27.2 Å². The summed E-state index contributed by atoms with van der Waals surface area (Å²) in [6, 6.07) is 12.1. The molecule has 3 N–H and O–H groups in total. The van der Waals surface area contributed by atoms with E-state index in [0.717, 1.165) is 6.07 Å². The van der Waals surface area contributed by atoms with Crippen LogP contribution in [-0.2, 0) is 16.6 Å². The summed E-state index contributed by atoms with van der Waals surface area (Å²) in [6.45, 7) is 0.0210. The Bertz CT molecular complexity index is 776. The predicted octanol–water partition coefficient (Wildman–Crippen LogP) is 1.94. The topological polar surface area (TPSA) is 72.2 Å². The highest BCUT2D eigenvalue weighted by Crippen LogP contribution is 2.14. The fourth-order valence-corrected chi connectivity index (χ4v) is 2.97. The van der Waals surface area contributed by atoms with E-state index >= 15 is 0 Å². The molecule has 0 amide bonds. The number of hydrogen-bond acceptors (Lipinski definition) is 3. The zero-order valence-corrected chi connectivity index (χ0v) is 12.5. The molecule has 0 fully saturated rings. The van der Waals surface area contributed by atoms with Gasteiger partial charge in [0.25, 0.3) is 0 Å². The zero-order valence-electron chi connectivity index (χ0n) is 10.9. The van der Waals surface area contributed by atoms with Crippen LogP contribution in [0.4, 0.5) is 4.39 Å². The first-order chi connectivity index (χ1) is 9.90. The summed E-state index contributed by atoms with van der Waals surface area (Å²) >= 11 is 4.86. The Morgan fingerprint density at radius 2 is 1.90 bits per heavy atom. The van der Waals surface area contributed by atoms with Gasteiger partial charge in [-0.1, -0.05) is 42.5 Å². The Labute approximate surface area is 127 Å². The lowest BCUT2D eigenvalue weighted by atomic mass is 10.1. The van der Waals surface area contributed by atoms with E-state index in [0.29, 0.717) is 11.1 Å². The molecule has 0 saturated carbocycles. The lowest BCUT2D eigenvalue weighted by Crippen LogP contribution is -2.24. The molecule has 7 heteroatoms. The maximum Gasteiger partial charge on any atom is 0.243 e. The SMILES string of the molecule is NC(=S)c1cccc(CNS(=O)(=O)c2ccccc2F)c1. The molecule has 4 nitrogen and oxygen atoms in total. The van der Waals surface area contributed by atoms with Gasteiger partial charge in [-0.2, -0.15) is 0 Å². The predicted molar refractivity (Wildman–Crippen MR) is 82.8 cm³/mol. The first kappa shape index (κ1) is 15.6. The Kier molecular flexibility index (Phi) is 4.66. The van der Waals surface area contributed by atoms with Gasteiger partial charge in [0, 0.05) is 12.1 Å². The number of benzene rings is 2. The fraction of sp³-hybridized carbons (Fsp3) is 0.0714. The number of hydrogen-bond donors (Lipinski definition) is 2. The van der Waals surface area contributed by atoms with E-state index in [4.69, 9.17) is 18.0 Å². The van der Waals surface area contributed by atoms with Gasteiger partial charge in [0.2, 0.25) is 10.0 Å². The Balaban J connectivity index is 2.18. The summed E-state index contributed by atoms with van der Waals surface area (Å²) in [7, 11) is -3.91. The molecule has 0 aliphatic carbocycles. The molecule has 0 heterocycles. The van der Waals surface area contributed by atoms with Gasteiger partial charge in [0.05, 0.1) is 0 Å². The molecule has 2 rings (SSSR count). The molecular weight excluding hydrogens is 311 g/mol.